The number of nitrogens with zero attached hydrogens (tertiary/aromatic N) is 1. The van der Waals surface area contributed by atoms with E-state index in [9.17, 15) is 4.79 Å². The van der Waals surface area contributed by atoms with Crippen molar-refractivity contribution in [2.24, 2.45) is 0 Å². The minimum absolute atomic E-state index is 0.0412. The molecule has 0 bridgehead atoms. The van der Waals surface area contributed by atoms with Crippen molar-refractivity contribution in [2.75, 3.05) is 20.6 Å². The van der Waals surface area contributed by atoms with Gasteiger partial charge in [-0.05, 0) is 44.1 Å². The molecule has 28 heavy (non-hydrogen) atoms. The third kappa shape index (κ3) is 5.02. The van der Waals surface area contributed by atoms with Gasteiger partial charge in [-0.25, -0.2) is 0 Å². The lowest BCUT2D eigenvalue weighted by molar-refractivity contribution is 0.0953. The molecule has 148 valence electrons. The second-order valence-electron chi connectivity index (χ2n) is 7.56. The van der Waals surface area contributed by atoms with Crippen molar-refractivity contribution in [3.05, 3.63) is 71.0 Å². The van der Waals surface area contributed by atoms with E-state index in [4.69, 9.17) is 4.42 Å². The van der Waals surface area contributed by atoms with Gasteiger partial charge in [0.25, 0.3) is 5.91 Å². The van der Waals surface area contributed by atoms with Gasteiger partial charge < -0.3 is 14.6 Å². The van der Waals surface area contributed by atoms with E-state index in [1.54, 1.807) is 0 Å². The molecule has 0 saturated heterocycles. The van der Waals surface area contributed by atoms with Crippen LogP contribution in [0.3, 0.4) is 0 Å². The Morgan fingerprint density at radius 2 is 1.82 bits per heavy atom. The Morgan fingerprint density at radius 3 is 2.61 bits per heavy atom. The zero-order valence-corrected chi connectivity index (χ0v) is 17.1. The van der Waals surface area contributed by atoms with Crippen molar-refractivity contribution in [3.8, 4) is 0 Å². The summed E-state index contributed by atoms with van der Waals surface area (Å²) < 4.78 is 5.97. The van der Waals surface area contributed by atoms with E-state index in [-0.39, 0.29) is 5.91 Å². The Bertz CT molecular complexity index is 927. The van der Waals surface area contributed by atoms with Crippen LogP contribution in [-0.4, -0.2) is 31.4 Å². The number of fused-ring (bicyclic) bond motifs is 1. The first kappa shape index (κ1) is 20.2. The number of furan rings is 1. The first-order chi connectivity index (χ1) is 13.6. The van der Waals surface area contributed by atoms with Gasteiger partial charge in [-0.2, -0.15) is 0 Å². The summed E-state index contributed by atoms with van der Waals surface area (Å²) in [6, 6.07) is 16.3. The molecule has 0 aliphatic heterocycles. The Labute approximate surface area is 167 Å². The standard InChI is InChI=1S/C24H30N2O2/c1-4-5-12-22-23(20-11-6-7-13-21(20)28-22)24(27)25-15-14-18-9-8-10-19(16-18)17-26(2)3/h6-11,13,16H,4-5,12,14-15,17H2,1-3H3,(H,25,27). The van der Waals surface area contributed by atoms with Gasteiger partial charge in [0, 0.05) is 24.9 Å². The number of hydrogen-bond acceptors (Lipinski definition) is 3. The molecule has 1 heterocycles. The summed E-state index contributed by atoms with van der Waals surface area (Å²) >= 11 is 0. The summed E-state index contributed by atoms with van der Waals surface area (Å²) in [5, 5.41) is 4.00. The zero-order valence-electron chi connectivity index (χ0n) is 17.1. The summed E-state index contributed by atoms with van der Waals surface area (Å²) in [5.74, 6) is 0.758. The molecule has 0 aliphatic rings. The monoisotopic (exact) mass is 378 g/mol. The molecule has 0 spiro atoms. The molecule has 0 fully saturated rings. The van der Waals surface area contributed by atoms with Crippen LogP contribution in [0.2, 0.25) is 0 Å². The lowest BCUT2D eigenvalue weighted by Crippen LogP contribution is -2.26. The molecular formula is C24H30N2O2. The molecule has 1 aromatic heterocycles. The molecule has 0 radical (unpaired) electrons. The van der Waals surface area contributed by atoms with Gasteiger partial charge in [0.1, 0.15) is 11.3 Å². The van der Waals surface area contributed by atoms with Crippen LogP contribution in [0.5, 0.6) is 0 Å². The fourth-order valence-electron chi connectivity index (χ4n) is 3.52. The van der Waals surface area contributed by atoms with Crippen LogP contribution in [0.25, 0.3) is 11.0 Å². The van der Waals surface area contributed by atoms with Crippen LogP contribution in [0, 0.1) is 0 Å². The fourth-order valence-corrected chi connectivity index (χ4v) is 3.52. The van der Waals surface area contributed by atoms with Crippen LogP contribution in [0.15, 0.2) is 52.9 Å². The van der Waals surface area contributed by atoms with Gasteiger partial charge >= 0.3 is 0 Å². The quantitative estimate of drug-likeness (QED) is 0.581. The topological polar surface area (TPSA) is 45.5 Å². The average Bonchev–Trinajstić information content (AvgIpc) is 3.04. The van der Waals surface area contributed by atoms with Crippen molar-refractivity contribution in [1.29, 1.82) is 0 Å². The number of benzene rings is 2. The van der Waals surface area contributed by atoms with Crippen LogP contribution >= 0.6 is 0 Å². The Morgan fingerprint density at radius 1 is 1.04 bits per heavy atom. The van der Waals surface area contributed by atoms with E-state index in [0.29, 0.717) is 12.1 Å². The second kappa shape index (κ2) is 9.56. The van der Waals surface area contributed by atoms with E-state index in [0.717, 1.165) is 49.0 Å². The van der Waals surface area contributed by atoms with Crippen molar-refractivity contribution in [2.45, 2.75) is 39.2 Å². The summed E-state index contributed by atoms with van der Waals surface area (Å²) in [6.07, 6.45) is 3.69. The Balaban J connectivity index is 1.68. The molecule has 0 unspecified atom stereocenters. The molecule has 3 rings (SSSR count). The summed E-state index contributed by atoms with van der Waals surface area (Å²) in [5.41, 5.74) is 4.01. The molecule has 1 amide bonds. The maximum absolute atomic E-state index is 12.9. The van der Waals surface area contributed by atoms with Crippen LogP contribution < -0.4 is 5.32 Å². The van der Waals surface area contributed by atoms with Gasteiger partial charge in [-0.15, -0.1) is 0 Å². The van der Waals surface area contributed by atoms with Crippen molar-refractivity contribution in [3.63, 3.8) is 0 Å². The normalized spacial score (nSPS) is 11.3. The van der Waals surface area contributed by atoms with E-state index in [1.165, 1.54) is 11.1 Å². The van der Waals surface area contributed by atoms with Crippen LogP contribution in [0.4, 0.5) is 0 Å². The number of carbonyl (C=O) groups excluding carboxylic acids is 1. The van der Waals surface area contributed by atoms with Crippen molar-refractivity contribution < 1.29 is 9.21 Å². The number of aryl methyl sites for hydroxylation is 1. The highest BCUT2D eigenvalue weighted by Crippen LogP contribution is 2.27. The number of carbonyl (C=O) groups is 1. The highest BCUT2D eigenvalue weighted by Gasteiger charge is 2.19. The van der Waals surface area contributed by atoms with E-state index in [2.05, 4.69) is 55.5 Å². The largest absolute Gasteiger partial charge is 0.460 e. The van der Waals surface area contributed by atoms with Gasteiger partial charge in [-0.1, -0.05) is 55.8 Å². The maximum Gasteiger partial charge on any atom is 0.255 e. The smallest absolute Gasteiger partial charge is 0.255 e. The minimum atomic E-state index is -0.0412. The summed E-state index contributed by atoms with van der Waals surface area (Å²) in [4.78, 5) is 15.1. The van der Waals surface area contributed by atoms with Gasteiger partial charge in [0.15, 0.2) is 0 Å². The minimum Gasteiger partial charge on any atom is -0.460 e. The zero-order chi connectivity index (χ0) is 19.9. The Kier molecular flexibility index (Phi) is 6.88. The third-order valence-electron chi connectivity index (χ3n) is 4.84. The van der Waals surface area contributed by atoms with Crippen LogP contribution in [-0.2, 0) is 19.4 Å². The number of unbranched alkanes of at least 4 members (excludes halogenated alkanes) is 1. The van der Waals surface area contributed by atoms with E-state index >= 15 is 0 Å². The molecule has 0 aliphatic carbocycles. The van der Waals surface area contributed by atoms with Crippen molar-refractivity contribution in [1.82, 2.24) is 10.2 Å². The lowest BCUT2D eigenvalue weighted by Gasteiger charge is -2.11. The molecule has 3 aromatic rings. The summed E-state index contributed by atoms with van der Waals surface area (Å²) in [7, 11) is 4.14. The highest BCUT2D eigenvalue weighted by molar-refractivity contribution is 6.07. The van der Waals surface area contributed by atoms with Gasteiger partial charge in [0.05, 0.1) is 5.56 Å². The molecule has 1 N–H and O–H groups in total. The molecule has 0 atom stereocenters. The SMILES string of the molecule is CCCCc1oc2ccccc2c1C(=O)NCCc1cccc(CN(C)C)c1. The molecular weight excluding hydrogens is 348 g/mol. The number of para-hydroxylation sites is 1. The third-order valence-corrected chi connectivity index (χ3v) is 4.84. The average molecular weight is 379 g/mol. The Hall–Kier alpha value is -2.59. The lowest BCUT2D eigenvalue weighted by atomic mass is 10.1. The fraction of sp³-hybridized carbons (Fsp3) is 0.375. The molecule has 4 heteroatoms. The second-order valence-corrected chi connectivity index (χ2v) is 7.56. The predicted octanol–water partition coefficient (Wildman–Crippen LogP) is 4.81. The van der Waals surface area contributed by atoms with Crippen molar-refractivity contribution >= 4 is 16.9 Å². The first-order valence-corrected chi connectivity index (χ1v) is 10.1. The van der Waals surface area contributed by atoms with Gasteiger partial charge in [-0.3, -0.25) is 4.79 Å². The number of nitrogens with one attached hydrogen (secondary N) is 1. The summed E-state index contributed by atoms with van der Waals surface area (Å²) in [6.45, 7) is 3.67. The predicted molar refractivity (Wildman–Crippen MR) is 115 cm³/mol. The molecule has 2 aromatic carbocycles. The van der Waals surface area contributed by atoms with E-state index < -0.39 is 0 Å². The molecule has 0 saturated carbocycles. The number of hydrogen-bond donors (Lipinski definition) is 1. The number of amides is 1. The number of rotatable bonds is 9. The van der Waals surface area contributed by atoms with Crippen LogP contribution in [0.1, 0.15) is 47.0 Å². The van der Waals surface area contributed by atoms with Gasteiger partial charge in [0.2, 0.25) is 0 Å². The van der Waals surface area contributed by atoms with E-state index in [1.807, 2.05) is 24.3 Å². The maximum atomic E-state index is 12.9. The molecule has 4 nitrogen and oxygen atoms in total. The first-order valence-electron chi connectivity index (χ1n) is 10.1. The highest BCUT2D eigenvalue weighted by atomic mass is 16.3.